The predicted molar refractivity (Wildman–Crippen MR) is 60.2 cm³/mol. The Balaban J connectivity index is 2.81. The first-order valence-electron chi connectivity index (χ1n) is 5.16. The maximum atomic E-state index is 12.3. The highest BCUT2D eigenvalue weighted by Crippen LogP contribution is 2.26. The SMILES string of the molecule is CNC(Cc1c(Cl)c(C)nn1C)CC(F)(F)F. The molecule has 0 aliphatic carbocycles. The monoisotopic (exact) mass is 269 g/mol. The van der Waals surface area contributed by atoms with Gasteiger partial charge in [-0.05, 0) is 14.0 Å². The van der Waals surface area contributed by atoms with Gasteiger partial charge in [0.25, 0.3) is 0 Å². The molecule has 1 unspecified atom stereocenters. The molecule has 0 saturated carbocycles. The van der Waals surface area contributed by atoms with Gasteiger partial charge in [-0.3, -0.25) is 4.68 Å². The molecule has 0 saturated heterocycles. The number of nitrogens with one attached hydrogen (secondary N) is 1. The number of hydrogen-bond acceptors (Lipinski definition) is 2. The first-order chi connectivity index (χ1) is 7.74. The smallest absolute Gasteiger partial charge is 0.316 e. The van der Waals surface area contributed by atoms with Crippen LogP contribution in [0, 0.1) is 6.92 Å². The zero-order chi connectivity index (χ0) is 13.2. The van der Waals surface area contributed by atoms with Gasteiger partial charge in [-0.2, -0.15) is 18.3 Å². The van der Waals surface area contributed by atoms with Crippen molar-refractivity contribution in [2.45, 2.75) is 32.0 Å². The summed E-state index contributed by atoms with van der Waals surface area (Å²) < 4.78 is 38.4. The normalized spacial score (nSPS) is 14.1. The van der Waals surface area contributed by atoms with E-state index in [1.54, 1.807) is 14.0 Å². The van der Waals surface area contributed by atoms with Gasteiger partial charge in [0.2, 0.25) is 0 Å². The predicted octanol–water partition coefficient (Wildman–Crippen LogP) is 2.46. The number of nitrogens with zero attached hydrogens (tertiary/aromatic N) is 2. The fourth-order valence-corrected chi connectivity index (χ4v) is 1.93. The van der Waals surface area contributed by atoms with Gasteiger partial charge in [0.05, 0.1) is 22.8 Å². The molecule has 1 heterocycles. The van der Waals surface area contributed by atoms with E-state index in [1.807, 2.05) is 0 Å². The highest BCUT2D eigenvalue weighted by atomic mass is 35.5. The molecule has 0 spiro atoms. The minimum atomic E-state index is -4.19. The van der Waals surface area contributed by atoms with E-state index in [0.717, 1.165) is 0 Å². The maximum Gasteiger partial charge on any atom is 0.390 e. The van der Waals surface area contributed by atoms with Crippen molar-refractivity contribution in [3.8, 4) is 0 Å². The molecule has 1 atom stereocenters. The Hall–Kier alpha value is -0.750. The fraction of sp³-hybridized carbons (Fsp3) is 0.700. The lowest BCUT2D eigenvalue weighted by Gasteiger charge is -2.18. The van der Waals surface area contributed by atoms with Crippen LogP contribution in [0.25, 0.3) is 0 Å². The van der Waals surface area contributed by atoms with Gasteiger partial charge in [0, 0.05) is 19.5 Å². The molecule has 0 aliphatic rings. The van der Waals surface area contributed by atoms with E-state index >= 15 is 0 Å². The average Bonchev–Trinajstić information content (AvgIpc) is 2.42. The molecule has 0 radical (unpaired) electrons. The van der Waals surface area contributed by atoms with Gasteiger partial charge in [-0.15, -0.1) is 0 Å². The number of alkyl halides is 3. The van der Waals surface area contributed by atoms with Gasteiger partial charge < -0.3 is 5.32 Å². The van der Waals surface area contributed by atoms with Crippen LogP contribution in [-0.2, 0) is 13.5 Å². The lowest BCUT2D eigenvalue weighted by molar-refractivity contribution is -0.139. The molecule has 1 aromatic heterocycles. The Morgan fingerprint density at radius 2 is 2.06 bits per heavy atom. The zero-order valence-electron chi connectivity index (χ0n) is 9.90. The van der Waals surface area contributed by atoms with Crippen LogP contribution in [0.1, 0.15) is 17.8 Å². The summed E-state index contributed by atoms with van der Waals surface area (Å²) in [6.07, 6.45) is -4.87. The maximum absolute atomic E-state index is 12.3. The number of halogens is 4. The van der Waals surface area contributed by atoms with Gasteiger partial charge in [-0.25, -0.2) is 0 Å². The zero-order valence-corrected chi connectivity index (χ0v) is 10.7. The summed E-state index contributed by atoms with van der Waals surface area (Å²) in [5.41, 5.74) is 1.25. The summed E-state index contributed by atoms with van der Waals surface area (Å²) in [5, 5.41) is 7.16. The third-order valence-corrected chi connectivity index (χ3v) is 3.08. The van der Waals surface area contributed by atoms with E-state index in [9.17, 15) is 13.2 Å². The standard InChI is InChI=1S/C10H15ClF3N3/c1-6-9(11)8(17(3)16-6)4-7(15-2)5-10(12,13)14/h7,15H,4-5H2,1-3H3. The molecule has 0 bridgehead atoms. The van der Waals surface area contributed by atoms with E-state index in [-0.39, 0.29) is 6.42 Å². The second-order valence-corrected chi connectivity index (χ2v) is 4.36. The molecular weight excluding hydrogens is 255 g/mol. The molecule has 7 heteroatoms. The van der Waals surface area contributed by atoms with Crippen molar-refractivity contribution in [1.29, 1.82) is 0 Å². The van der Waals surface area contributed by atoms with Crippen LogP contribution in [-0.4, -0.2) is 29.0 Å². The third-order valence-electron chi connectivity index (χ3n) is 2.59. The van der Waals surface area contributed by atoms with Crippen molar-refractivity contribution in [1.82, 2.24) is 15.1 Å². The number of aromatic nitrogens is 2. The van der Waals surface area contributed by atoms with Crippen LogP contribution < -0.4 is 5.32 Å². The molecule has 3 nitrogen and oxygen atoms in total. The largest absolute Gasteiger partial charge is 0.390 e. The highest BCUT2D eigenvalue weighted by Gasteiger charge is 2.32. The Kier molecular flexibility index (Phi) is 4.43. The average molecular weight is 270 g/mol. The van der Waals surface area contributed by atoms with Crippen molar-refractivity contribution in [3.05, 3.63) is 16.4 Å². The lowest BCUT2D eigenvalue weighted by atomic mass is 10.1. The molecule has 17 heavy (non-hydrogen) atoms. The van der Waals surface area contributed by atoms with E-state index < -0.39 is 18.6 Å². The van der Waals surface area contributed by atoms with Crippen LogP contribution in [0.3, 0.4) is 0 Å². The number of likely N-dealkylation sites (N-methyl/N-ethyl adjacent to an activating group) is 1. The van der Waals surface area contributed by atoms with E-state index in [1.165, 1.54) is 11.7 Å². The first kappa shape index (κ1) is 14.3. The molecule has 1 rings (SSSR count). The van der Waals surface area contributed by atoms with Crippen LogP contribution in [0.15, 0.2) is 0 Å². The van der Waals surface area contributed by atoms with E-state index in [2.05, 4.69) is 10.4 Å². The minimum absolute atomic E-state index is 0.201. The first-order valence-corrected chi connectivity index (χ1v) is 5.54. The Morgan fingerprint density at radius 1 is 1.47 bits per heavy atom. The number of rotatable bonds is 4. The number of hydrogen-bond donors (Lipinski definition) is 1. The molecule has 0 fully saturated rings. The van der Waals surface area contributed by atoms with Crippen LogP contribution in [0.4, 0.5) is 13.2 Å². The van der Waals surface area contributed by atoms with E-state index in [0.29, 0.717) is 16.4 Å². The van der Waals surface area contributed by atoms with Crippen LogP contribution >= 0.6 is 11.6 Å². The molecule has 1 aromatic rings. The van der Waals surface area contributed by atoms with Crippen molar-refractivity contribution in [2.24, 2.45) is 7.05 Å². The fourth-order valence-electron chi connectivity index (χ4n) is 1.69. The second kappa shape index (κ2) is 5.27. The van der Waals surface area contributed by atoms with Gasteiger partial charge in [-0.1, -0.05) is 11.6 Å². The van der Waals surface area contributed by atoms with Gasteiger partial charge in [0.1, 0.15) is 0 Å². The molecular formula is C10H15ClF3N3. The molecule has 0 aromatic carbocycles. The summed E-state index contributed by atoms with van der Waals surface area (Å²) in [4.78, 5) is 0. The Bertz CT molecular complexity index is 387. The molecule has 1 N–H and O–H groups in total. The van der Waals surface area contributed by atoms with Crippen molar-refractivity contribution in [2.75, 3.05) is 7.05 Å². The summed E-state index contributed by atoms with van der Waals surface area (Å²) in [5.74, 6) is 0. The third kappa shape index (κ3) is 3.89. The highest BCUT2D eigenvalue weighted by molar-refractivity contribution is 6.31. The van der Waals surface area contributed by atoms with Crippen molar-refractivity contribution < 1.29 is 13.2 Å². The molecule has 0 aliphatic heterocycles. The van der Waals surface area contributed by atoms with Gasteiger partial charge >= 0.3 is 6.18 Å². The summed E-state index contributed by atoms with van der Waals surface area (Å²) in [7, 11) is 3.18. The van der Waals surface area contributed by atoms with Crippen molar-refractivity contribution in [3.63, 3.8) is 0 Å². The Morgan fingerprint density at radius 3 is 2.41 bits per heavy atom. The second-order valence-electron chi connectivity index (χ2n) is 3.98. The Labute approximate surface area is 103 Å². The number of aryl methyl sites for hydroxylation is 2. The molecule has 98 valence electrons. The quantitative estimate of drug-likeness (QED) is 0.910. The summed E-state index contributed by atoms with van der Waals surface area (Å²) in [6.45, 7) is 1.73. The van der Waals surface area contributed by atoms with Crippen molar-refractivity contribution >= 4 is 11.6 Å². The lowest BCUT2D eigenvalue weighted by Crippen LogP contribution is -2.33. The van der Waals surface area contributed by atoms with Crippen LogP contribution in [0.5, 0.6) is 0 Å². The topological polar surface area (TPSA) is 29.9 Å². The summed E-state index contributed by atoms with van der Waals surface area (Å²) in [6, 6.07) is -0.692. The van der Waals surface area contributed by atoms with E-state index in [4.69, 9.17) is 11.6 Å². The van der Waals surface area contributed by atoms with Crippen LogP contribution in [0.2, 0.25) is 5.02 Å². The molecule has 0 amide bonds. The summed E-state index contributed by atoms with van der Waals surface area (Å²) >= 11 is 5.99. The minimum Gasteiger partial charge on any atom is -0.316 e. The van der Waals surface area contributed by atoms with Gasteiger partial charge in [0.15, 0.2) is 0 Å².